The third kappa shape index (κ3) is 4.12. The van der Waals surface area contributed by atoms with E-state index >= 15 is 0 Å². The Hall–Kier alpha value is -0.780. The van der Waals surface area contributed by atoms with Gasteiger partial charge in [-0.2, -0.15) is 0 Å². The fraction of sp³-hybridized carbons (Fsp3) is 0.538. The molecule has 0 saturated carbocycles. The monoisotopic (exact) mass is 178 g/mol. The molecule has 0 heteroatoms. The molecule has 1 rings (SSSR count). The quantitative estimate of drug-likeness (QED) is 0.577. The number of hydrogen-bond acceptors (Lipinski definition) is 0. The van der Waals surface area contributed by atoms with E-state index in [9.17, 15) is 0 Å². The van der Waals surface area contributed by atoms with Crippen molar-refractivity contribution in [3.8, 4) is 0 Å². The van der Waals surface area contributed by atoms with E-state index in [4.69, 9.17) is 0 Å². The molecule has 0 aromatic carbocycles. The molecule has 1 aliphatic rings. The molecule has 1 aliphatic carbocycles. The van der Waals surface area contributed by atoms with Gasteiger partial charge in [-0.15, -0.1) is 0 Å². The summed E-state index contributed by atoms with van der Waals surface area (Å²) in [6.07, 6.45) is 11.5. The van der Waals surface area contributed by atoms with E-state index in [-0.39, 0.29) is 0 Å². The van der Waals surface area contributed by atoms with Crippen molar-refractivity contribution < 1.29 is 0 Å². The van der Waals surface area contributed by atoms with Gasteiger partial charge in [0.05, 0.1) is 0 Å². The molecule has 0 spiro atoms. The Labute approximate surface area is 83.0 Å². The van der Waals surface area contributed by atoms with Gasteiger partial charge in [-0.25, -0.2) is 0 Å². The Kier molecular flexibility index (Phi) is 7.38. The van der Waals surface area contributed by atoms with Crippen molar-refractivity contribution >= 4 is 0 Å². The smallest absolute Gasteiger partial charge is 0.0276 e. The highest BCUT2D eigenvalue weighted by molar-refractivity contribution is 5.33. The molecule has 0 aliphatic heterocycles. The van der Waals surface area contributed by atoms with Gasteiger partial charge >= 0.3 is 0 Å². The summed E-state index contributed by atoms with van der Waals surface area (Å²) in [6.45, 7) is 9.90. The van der Waals surface area contributed by atoms with Gasteiger partial charge in [-0.3, -0.25) is 0 Å². The van der Waals surface area contributed by atoms with Crippen LogP contribution in [0, 0.1) is 0 Å². The molecule has 0 saturated heterocycles. The van der Waals surface area contributed by atoms with Crippen molar-refractivity contribution in [2.75, 3.05) is 0 Å². The first kappa shape index (κ1) is 12.2. The van der Waals surface area contributed by atoms with Crippen molar-refractivity contribution in [2.45, 2.75) is 46.5 Å². The van der Waals surface area contributed by atoms with E-state index in [0.29, 0.717) is 0 Å². The van der Waals surface area contributed by atoms with Gasteiger partial charge in [0.1, 0.15) is 0 Å². The molecule has 0 N–H and O–H groups in total. The maximum Gasteiger partial charge on any atom is -0.0276 e. The lowest BCUT2D eigenvalue weighted by molar-refractivity contribution is 0.693. The van der Waals surface area contributed by atoms with Gasteiger partial charge in [0, 0.05) is 0 Å². The first-order chi connectivity index (χ1) is 6.38. The minimum atomic E-state index is 1.23. The Bertz CT molecular complexity index is 194. The van der Waals surface area contributed by atoms with Gasteiger partial charge in [-0.1, -0.05) is 38.7 Å². The molecule has 0 amide bonds. The maximum absolute atomic E-state index is 3.83. The predicted octanol–water partition coefficient (Wildman–Crippen LogP) is 4.65. The van der Waals surface area contributed by atoms with Crippen molar-refractivity contribution in [3.05, 3.63) is 36.0 Å². The zero-order valence-corrected chi connectivity index (χ0v) is 9.27. The highest BCUT2D eigenvalue weighted by atomic mass is 14.1. The third-order valence-electron chi connectivity index (χ3n) is 2.17. The number of allylic oxidation sites excluding steroid dienone is 5. The minimum Gasteiger partial charge on any atom is -0.0988 e. The van der Waals surface area contributed by atoms with E-state index in [1.54, 1.807) is 0 Å². The van der Waals surface area contributed by atoms with E-state index in [1.807, 2.05) is 19.9 Å². The van der Waals surface area contributed by atoms with Crippen molar-refractivity contribution in [1.29, 1.82) is 0 Å². The van der Waals surface area contributed by atoms with Crippen LogP contribution in [0.15, 0.2) is 36.0 Å². The van der Waals surface area contributed by atoms with Crippen molar-refractivity contribution in [2.24, 2.45) is 0 Å². The van der Waals surface area contributed by atoms with Crippen LogP contribution >= 0.6 is 0 Å². The summed E-state index contributed by atoms with van der Waals surface area (Å²) in [5, 5.41) is 0. The molecule has 0 aromatic rings. The SMILES string of the molecule is C=CC1=C(/C=C\C)CCCC1.CC. The summed E-state index contributed by atoms with van der Waals surface area (Å²) < 4.78 is 0. The van der Waals surface area contributed by atoms with Crippen LogP contribution in [0.3, 0.4) is 0 Å². The van der Waals surface area contributed by atoms with E-state index < -0.39 is 0 Å². The zero-order valence-electron chi connectivity index (χ0n) is 9.27. The second-order valence-corrected chi connectivity index (χ2v) is 2.96. The topological polar surface area (TPSA) is 0 Å². The molecular weight excluding hydrogens is 156 g/mol. The van der Waals surface area contributed by atoms with Crippen LogP contribution in [0.5, 0.6) is 0 Å². The highest BCUT2D eigenvalue weighted by Gasteiger charge is 2.06. The molecule has 0 heterocycles. The lowest BCUT2D eigenvalue weighted by atomic mass is 9.91. The molecule has 0 radical (unpaired) electrons. The van der Waals surface area contributed by atoms with Crippen molar-refractivity contribution in [3.63, 3.8) is 0 Å². The molecule has 0 aromatic heterocycles. The second kappa shape index (κ2) is 7.85. The normalized spacial score (nSPS) is 16.8. The van der Waals surface area contributed by atoms with E-state index in [1.165, 1.54) is 36.8 Å². The van der Waals surface area contributed by atoms with Crippen LogP contribution in [0.4, 0.5) is 0 Å². The molecule has 0 fully saturated rings. The fourth-order valence-electron chi connectivity index (χ4n) is 1.58. The molecule has 0 nitrogen and oxygen atoms in total. The maximum atomic E-state index is 3.83. The molecule has 13 heavy (non-hydrogen) atoms. The van der Waals surface area contributed by atoms with E-state index in [0.717, 1.165) is 0 Å². The zero-order chi connectivity index (χ0) is 10.1. The van der Waals surface area contributed by atoms with E-state index in [2.05, 4.69) is 25.7 Å². The molecule has 74 valence electrons. The Morgan fingerprint density at radius 3 is 2.08 bits per heavy atom. The lowest BCUT2D eigenvalue weighted by Crippen LogP contribution is -1.95. The largest absolute Gasteiger partial charge is 0.0988 e. The highest BCUT2D eigenvalue weighted by Crippen LogP contribution is 2.25. The van der Waals surface area contributed by atoms with Gasteiger partial charge < -0.3 is 0 Å². The summed E-state index contributed by atoms with van der Waals surface area (Å²) in [5.74, 6) is 0. The first-order valence-electron chi connectivity index (χ1n) is 5.35. The summed E-state index contributed by atoms with van der Waals surface area (Å²) in [5.41, 5.74) is 2.95. The summed E-state index contributed by atoms with van der Waals surface area (Å²) >= 11 is 0. The van der Waals surface area contributed by atoms with Crippen LogP contribution in [0.25, 0.3) is 0 Å². The number of hydrogen-bond donors (Lipinski definition) is 0. The Morgan fingerprint density at radius 2 is 1.62 bits per heavy atom. The second-order valence-electron chi connectivity index (χ2n) is 2.96. The fourth-order valence-corrected chi connectivity index (χ4v) is 1.58. The minimum absolute atomic E-state index is 1.23. The molecular formula is C13H22. The Morgan fingerprint density at radius 1 is 1.08 bits per heavy atom. The summed E-state index contributed by atoms with van der Waals surface area (Å²) in [7, 11) is 0. The third-order valence-corrected chi connectivity index (χ3v) is 2.17. The first-order valence-corrected chi connectivity index (χ1v) is 5.35. The van der Waals surface area contributed by atoms with Crippen LogP contribution < -0.4 is 0 Å². The van der Waals surface area contributed by atoms with Crippen LogP contribution in [0.1, 0.15) is 46.5 Å². The van der Waals surface area contributed by atoms with Gasteiger partial charge in [0.15, 0.2) is 0 Å². The van der Waals surface area contributed by atoms with Crippen molar-refractivity contribution in [1.82, 2.24) is 0 Å². The molecule has 0 bridgehead atoms. The average molecular weight is 178 g/mol. The average Bonchev–Trinajstić information content (AvgIpc) is 2.22. The summed E-state index contributed by atoms with van der Waals surface area (Å²) in [6, 6.07) is 0. The number of rotatable bonds is 2. The van der Waals surface area contributed by atoms with Crippen LogP contribution in [-0.4, -0.2) is 0 Å². The van der Waals surface area contributed by atoms with Crippen LogP contribution in [-0.2, 0) is 0 Å². The predicted molar refractivity (Wildman–Crippen MR) is 61.9 cm³/mol. The summed E-state index contributed by atoms with van der Waals surface area (Å²) in [4.78, 5) is 0. The lowest BCUT2D eigenvalue weighted by Gasteiger charge is -2.14. The van der Waals surface area contributed by atoms with Gasteiger partial charge in [0.2, 0.25) is 0 Å². The Balaban J connectivity index is 0.000000671. The van der Waals surface area contributed by atoms with Crippen LogP contribution in [0.2, 0.25) is 0 Å². The van der Waals surface area contributed by atoms with Gasteiger partial charge in [-0.05, 0) is 43.8 Å². The standard InChI is InChI=1S/C11H16.C2H6/c1-3-7-11-9-6-5-8-10(11)4-2;1-2/h3-4,7H,2,5-6,8-9H2,1H3;1-2H3/b7-3-;. The van der Waals surface area contributed by atoms with Gasteiger partial charge in [0.25, 0.3) is 0 Å². The molecule has 0 unspecified atom stereocenters. The molecule has 0 atom stereocenters.